The van der Waals surface area contributed by atoms with Crippen LogP contribution in [0.1, 0.15) is 46.5 Å². The molecule has 2 N–H and O–H groups in total. The molecule has 0 aliphatic carbocycles. The van der Waals surface area contributed by atoms with Crippen LogP contribution in [-0.4, -0.2) is 40.9 Å². The number of hydrogen-bond acceptors (Lipinski definition) is 3. The average molecular weight is 272 g/mol. The Morgan fingerprint density at radius 2 is 2.00 bits per heavy atom. The predicted molar refractivity (Wildman–Crippen MR) is 79.8 cm³/mol. The summed E-state index contributed by atoms with van der Waals surface area (Å²) in [4.78, 5) is 14.3. The lowest BCUT2D eigenvalue weighted by Gasteiger charge is -2.35. The van der Waals surface area contributed by atoms with Crippen LogP contribution in [0.2, 0.25) is 0 Å². The fourth-order valence-corrected chi connectivity index (χ4v) is 3.48. The maximum Gasteiger partial charge on any atom is 0.235 e. The number of piperidine rings is 1. The molecule has 2 unspecified atom stereocenters. The number of amides is 1. The second-order valence-electron chi connectivity index (χ2n) is 5.39. The van der Waals surface area contributed by atoms with E-state index in [2.05, 4.69) is 13.8 Å². The first-order valence-electron chi connectivity index (χ1n) is 7.22. The van der Waals surface area contributed by atoms with Gasteiger partial charge in [-0.2, -0.15) is 0 Å². The van der Waals surface area contributed by atoms with E-state index < -0.39 is 0 Å². The first-order chi connectivity index (χ1) is 8.56. The van der Waals surface area contributed by atoms with Crippen LogP contribution in [0.5, 0.6) is 0 Å². The molecule has 18 heavy (non-hydrogen) atoms. The first kappa shape index (κ1) is 15.8. The second kappa shape index (κ2) is 8.05. The number of nitrogens with zero attached hydrogens (tertiary/aromatic N) is 1. The SMILES string of the molecule is CCCCSC(C)C(=O)N1CCC(C(C)N)CC1. The predicted octanol–water partition coefficient (Wildman–Crippen LogP) is 2.49. The van der Waals surface area contributed by atoms with Crippen molar-refractivity contribution in [3.8, 4) is 0 Å². The van der Waals surface area contributed by atoms with Crippen LogP contribution in [0.25, 0.3) is 0 Å². The fourth-order valence-electron chi connectivity index (χ4n) is 2.38. The van der Waals surface area contributed by atoms with Gasteiger partial charge >= 0.3 is 0 Å². The zero-order chi connectivity index (χ0) is 13.5. The van der Waals surface area contributed by atoms with Gasteiger partial charge in [-0.25, -0.2) is 0 Å². The number of rotatable bonds is 6. The summed E-state index contributed by atoms with van der Waals surface area (Å²) >= 11 is 1.79. The van der Waals surface area contributed by atoms with Gasteiger partial charge in [0, 0.05) is 19.1 Å². The third-order valence-electron chi connectivity index (χ3n) is 3.81. The maximum absolute atomic E-state index is 12.2. The van der Waals surface area contributed by atoms with Crippen molar-refractivity contribution in [1.82, 2.24) is 4.90 Å². The molecule has 0 aromatic carbocycles. The van der Waals surface area contributed by atoms with Gasteiger partial charge in [0.05, 0.1) is 5.25 Å². The normalized spacial score (nSPS) is 20.8. The molecule has 106 valence electrons. The Morgan fingerprint density at radius 3 is 2.50 bits per heavy atom. The van der Waals surface area contributed by atoms with E-state index in [9.17, 15) is 4.79 Å². The van der Waals surface area contributed by atoms with Crippen LogP contribution in [0.15, 0.2) is 0 Å². The van der Waals surface area contributed by atoms with E-state index in [1.807, 2.05) is 11.8 Å². The van der Waals surface area contributed by atoms with E-state index in [1.54, 1.807) is 11.8 Å². The zero-order valence-corrected chi connectivity index (χ0v) is 12.8. The molecule has 0 aromatic rings. The molecule has 2 atom stereocenters. The van der Waals surface area contributed by atoms with Crippen molar-refractivity contribution in [2.24, 2.45) is 11.7 Å². The van der Waals surface area contributed by atoms with E-state index >= 15 is 0 Å². The van der Waals surface area contributed by atoms with Gasteiger partial charge in [0.2, 0.25) is 5.91 Å². The van der Waals surface area contributed by atoms with Gasteiger partial charge in [0.15, 0.2) is 0 Å². The van der Waals surface area contributed by atoms with Crippen molar-refractivity contribution >= 4 is 17.7 Å². The van der Waals surface area contributed by atoms with Crippen molar-refractivity contribution < 1.29 is 4.79 Å². The third kappa shape index (κ3) is 4.81. The quantitative estimate of drug-likeness (QED) is 0.756. The summed E-state index contributed by atoms with van der Waals surface area (Å²) in [6.45, 7) is 8.09. The van der Waals surface area contributed by atoms with Crippen LogP contribution in [0, 0.1) is 5.92 Å². The summed E-state index contributed by atoms with van der Waals surface area (Å²) in [6, 6.07) is 0.263. The summed E-state index contributed by atoms with van der Waals surface area (Å²) in [5, 5.41) is 0.114. The van der Waals surface area contributed by atoms with Gasteiger partial charge < -0.3 is 10.6 Å². The molecule has 0 radical (unpaired) electrons. The number of carbonyl (C=O) groups is 1. The summed E-state index contributed by atoms with van der Waals surface area (Å²) < 4.78 is 0. The van der Waals surface area contributed by atoms with Gasteiger partial charge in [-0.05, 0) is 44.8 Å². The van der Waals surface area contributed by atoms with Gasteiger partial charge in [-0.15, -0.1) is 11.8 Å². The van der Waals surface area contributed by atoms with Crippen molar-refractivity contribution in [1.29, 1.82) is 0 Å². The van der Waals surface area contributed by atoms with Crippen molar-refractivity contribution in [2.75, 3.05) is 18.8 Å². The Bertz CT molecular complexity index is 250. The van der Waals surface area contributed by atoms with E-state index in [4.69, 9.17) is 5.73 Å². The minimum absolute atomic E-state index is 0.114. The highest BCUT2D eigenvalue weighted by Gasteiger charge is 2.27. The van der Waals surface area contributed by atoms with E-state index in [-0.39, 0.29) is 11.3 Å². The molecular formula is C14H28N2OS. The van der Waals surface area contributed by atoms with E-state index in [0.29, 0.717) is 11.8 Å². The molecule has 1 fully saturated rings. The molecule has 1 aliphatic rings. The van der Waals surface area contributed by atoms with Crippen molar-refractivity contribution in [2.45, 2.75) is 57.7 Å². The Balaban J connectivity index is 2.30. The van der Waals surface area contributed by atoms with Gasteiger partial charge in [-0.3, -0.25) is 4.79 Å². The van der Waals surface area contributed by atoms with E-state index in [0.717, 1.165) is 31.7 Å². The number of nitrogens with two attached hydrogens (primary N) is 1. The van der Waals surface area contributed by atoms with Crippen molar-refractivity contribution in [3.05, 3.63) is 0 Å². The number of carbonyl (C=O) groups excluding carboxylic acids is 1. The maximum atomic E-state index is 12.2. The van der Waals surface area contributed by atoms with Crippen LogP contribution < -0.4 is 5.73 Å². The zero-order valence-electron chi connectivity index (χ0n) is 12.0. The summed E-state index contributed by atoms with van der Waals surface area (Å²) in [6.07, 6.45) is 4.54. The average Bonchev–Trinajstić information content (AvgIpc) is 2.38. The van der Waals surface area contributed by atoms with E-state index in [1.165, 1.54) is 12.8 Å². The van der Waals surface area contributed by atoms with Crippen LogP contribution >= 0.6 is 11.8 Å². The van der Waals surface area contributed by atoms with Crippen LogP contribution in [0.3, 0.4) is 0 Å². The molecule has 0 spiro atoms. The van der Waals surface area contributed by atoms with Crippen LogP contribution in [0.4, 0.5) is 0 Å². The highest BCUT2D eigenvalue weighted by atomic mass is 32.2. The minimum atomic E-state index is 0.114. The summed E-state index contributed by atoms with van der Waals surface area (Å²) in [5.41, 5.74) is 5.92. The number of hydrogen-bond donors (Lipinski definition) is 1. The number of likely N-dealkylation sites (tertiary alicyclic amines) is 1. The van der Waals surface area contributed by atoms with Gasteiger partial charge in [0.1, 0.15) is 0 Å². The molecule has 0 bridgehead atoms. The Kier molecular flexibility index (Phi) is 7.08. The molecular weight excluding hydrogens is 244 g/mol. The molecule has 0 aromatic heterocycles. The molecule has 1 amide bonds. The molecule has 0 saturated carbocycles. The third-order valence-corrected chi connectivity index (χ3v) is 5.03. The molecule has 4 heteroatoms. The monoisotopic (exact) mass is 272 g/mol. The molecule has 1 aliphatic heterocycles. The first-order valence-corrected chi connectivity index (χ1v) is 8.27. The fraction of sp³-hybridized carbons (Fsp3) is 0.929. The molecule has 3 nitrogen and oxygen atoms in total. The van der Waals surface area contributed by atoms with Crippen LogP contribution in [-0.2, 0) is 4.79 Å². The Morgan fingerprint density at radius 1 is 1.39 bits per heavy atom. The summed E-state index contributed by atoms with van der Waals surface area (Å²) in [5.74, 6) is 2.01. The molecule has 1 saturated heterocycles. The Labute approximate surface area is 116 Å². The lowest BCUT2D eigenvalue weighted by atomic mass is 9.91. The minimum Gasteiger partial charge on any atom is -0.342 e. The highest BCUT2D eigenvalue weighted by molar-refractivity contribution is 8.00. The smallest absolute Gasteiger partial charge is 0.235 e. The van der Waals surface area contributed by atoms with Crippen molar-refractivity contribution in [3.63, 3.8) is 0 Å². The number of thioether (sulfide) groups is 1. The Hall–Kier alpha value is -0.220. The summed E-state index contributed by atoms with van der Waals surface area (Å²) in [7, 11) is 0. The lowest BCUT2D eigenvalue weighted by molar-refractivity contribution is -0.131. The molecule has 1 rings (SSSR count). The number of unbranched alkanes of at least 4 members (excludes halogenated alkanes) is 1. The lowest BCUT2D eigenvalue weighted by Crippen LogP contribution is -2.45. The second-order valence-corrected chi connectivity index (χ2v) is 6.84. The standard InChI is InChI=1S/C14H28N2OS/c1-4-5-10-18-12(3)14(17)16-8-6-13(7-9-16)11(2)15/h11-13H,4-10,15H2,1-3H3. The largest absolute Gasteiger partial charge is 0.342 e. The highest BCUT2D eigenvalue weighted by Crippen LogP contribution is 2.22. The van der Waals surface area contributed by atoms with Gasteiger partial charge in [-0.1, -0.05) is 13.3 Å². The molecule has 1 heterocycles. The topological polar surface area (TPSA) is 46.3 Å². The van der Waals surface area contributed by atoms with Gasteiger partial charge in [0.25, 0.3) is 0 Å².